The lowest BCUT2D eigenvalue weighted by atomic mass is 10.1. The number of furan rings is 1. The lowest BCUT2D eigenvalue weighted by Crippen LogP contribution is -2.44. The number of para-hydroxylation sites is 1. The molecule has 3 N–H and O–H groups in total. The number of nitrogens with two attached hydrogens (primary N) is 1. The van der Waals surface area contributed by atoms with E-state index >= 15 is 0 Å². The second-order valence-corrected chi connectivity index (χ2v) is 7.66. The van der Waals surface area contributed by atoms with Gasteiger partial charge in [0.1, 0.15) is 11.4 Å². The van der Waals surface area contributed by atoms with Crippen LogP contribution in [-0.4, -0.2) is 48.3 Å². The Morgan fingerprint density at radius 2 is 1.97 bits per heavy atom. The minimum absolute atomic E-state index is 0.0112. The third-order valence-corrected chi connectivity index (χ3v) is 5.40. The maximum absolute atomic E-state index is 13.0. The van der Waals surface area contributed by atoms with E-state index in [0.717, 1.165) is 16.7 Å². The molecule has 11 heteroatoms. The first-order chi connectivity index (χ1) is 16.3. The number of carbonyl (C=O) groups excluding carboxylic acids is 2. The van der Waals surface area contributed by atoms with E-state index < -0.39 is 29.7 Å². The van der Waals surface area contributed by atoms with Crippen LogP contribution in [0.5, 0.6) is 0 Å². The molecule has 0 atom stereocenters. The maximum Gasteiger partial charge on any atom is 0.375 e. The van der Waals surface area contributed by atoms with Gasteiger partial charge in [-0.05, 0) is 19.4 Å². The monoisotopic (exact) mass is 472 g/mol. The van der Waals surface area contributed by atoms with Gasteiger partial charge < -0.3 is 19.6 Å². The summed E-state index contributed by atoms with van der Waals surface area (Å²) in [7, 11) is 1.43. The Kier molecular flexibility index (Phi) is 7.90. The molecule has 0 saturated heterocycles. The number of benzene rings is 1. The van der Waals surface area contributed by atoms with Crippen molar-refractivity contribution < 1.29 is 23.5 Å². The van der Waals surface area contributed by atoms with Gasteiger partial charge in [0, 0.05) is 31.1 Å². The number of ether oxygens (including phenoxy) is 2. The maximum atomic E-state index is 13.0. The highest BCUT2D eigenvalue weighted by Gasteiger charge is 2.26. The van der Waals surface area contributed by atoms with Gasteiger partial charge in [0.25, 0.3) is 11.5 Å². The number of aromatic amines is 1. The predicted molar refractivity (Wildman–Crippen MR) is 126 cm³/mol. The van der Waals surface area contributed by atoms with Gasteiger partial charge in [-0.3, -0.25) is 24.0 Å². The average molecular weight is 472 g/mol. The second-order valence-electron chi connectivity index (χ2n) is 7.66. The number of H-pyrrole nitrogens is 1. The number of unbranched alkanes of at least 4 members (excludes halogenated alkanes) is 1. The first kappa shape index (κ1) is 24.8. The number of aryl methyl sites for hydroxylation is 1. The van der Waals surface area contributed by atoms with Crippen LogP contribution < -0.4 is 21.9 Å². The van der Waals surface area contributed by atoms with Crippen molar-refractivity contribution in [3.8, 4) is 0 Å². The highest BCUT2D eigenvalue weighted by Crippen LogP contribution is 2.25. The SMILES string of the molecule is CCCCn1c(N)c(N(CCOC)C(=O)COC(=O)c2oc3ccccc3c2C)c(=O)[nH]c1=O. The summed E-state index contributed by atoms with van der Waals surface area (Å²) in [5, 5.41) is 0.760. The summed E-state index contributed by atoms with van der Waals surface area (Å²) in [6.45, 7) is 3.30. The Morgan fingerprint density at radius 1 is 1.24 bits per heavy atom. The van der Waals surface area contributed by atoms with Crippen molar-refractivity contribution in [1.29, 1.82) is 0 Å². The fraction of sp³-hybridized carbons (Fsp3) is 0.391. The van der Waals surface area contributed by atoms with E-state index in [9.17, 15) is 19.2 Å². The second kappa shape index (κ2) is 10.8. The number of fused-ring (bicyclic) bond motifs is 1. The normalized spacial score (nSPS) is 11.0. The Morgan fingerprint density at radius 3 is 2.65 bits per heavy atom. The summed E-state index contributed by atoms with van der Waals surface area (Å²) in [4.78, 5) is 53.7. The van der Waals surface area contributed by atoms with E-state index in [1.165, 1.54) is 11.7 Å². The lowest BCUT2D eigenvalue weighted by molar-refractivity contribution is -0.121. The van der Waals surface area contributed by atoms with E-state index in [4.69, 9.17) is 19.6 Å². The summed E-state index contributed by atoms with van der Waals surface area (Å²) < 4.78 is 17.0. The largest absolute Gasteiger partial charge is 0.450 e. The van der Waals surface area contributed by atoms with Gasteiger partial charge >= 0.3 is 11.7 Å². The first-order valence-corrected chi connectivity index (χ1v) is 10.9. The zero-order chi connectivity index (χ0) is 24.8. The summed E-state index contributed by atoms with van der Waals surface area (Å²) in [6, 6.07) is 7.13. The number of nitrogens with one attached hydrogen (secondary N) is 1. The predicted octanol–water partition coefficient (Wildman–Crippen LogP) is 1.81. The molecule has 2 aromatic heterocycles. The zero-order valence-corrected chi connectivity index (χ0v) is 19.4. The number of methoxy groups -OCH3 is 1. The summed E-state index contributed by atoms with van der Waals surface area (Å²) in [6.07, 6.45) is 1.44. The number of anilines is 2. The molecule has 0 aliphatic heterocycles. The van der Waals surface area contributed by atoms with Gasteiger partial charge in [-0.2, -0.15) is 0 Å². The number of amides is 1. The Labute approximate surface area is 195 Å². The van der Waals surface area contributed by atoms with E-state index in [2.05, 4.69) is 4.98 Å². The van der Waals surface area contributed by atoms with Crippen molar-refractivity contribution in [2.24, 2.45) is 0 Å². The minimum Gasteiger partial charge on any atom is -0.450 e. The van der Waals surface area contributed by atoms with Crippen molar-refractivity contribution in [2.45, 2.75) is 33.2 Å². The number of nitrogens with zero attached hydrogens (tertiary/aromatic N) is 2. The van der Waals surface area contributed by atoms with Gasteiger partial charge in [0.15, 0.2) is 12.3 Å². The van der Waals surface area contributed by atoms with Crippen LogP contribution in [0.2, 0.25) is 0 Å². The lowest BCUT2D eigenvalue weighted by Gasteiger charge is -2.24. The Hall–Kier alpha value is -3.86. The molecule has 3 aromatic rings. The molecular formula is C23H28N4O7. The van der Waals surface area contributed by atoms with Gasteiger partial charge in [-0.15, -0.1) is 0 Å². The van der Waals surface area contributed by atoms with Gasteiger partial charge in [0.2, 0.25) is 5.76 Å². The molecule has 3 rings (SSSR count). The molecule has 182 valence electrons. The summed E-state index contributed by atoms with van der Waals surface area (Å²) in [5.74, 6) is -1.69. The smallest absolute Gasteiger partial charge is 0.375 e. The highest BCUT2D eigenvalue weighted by molar-refractivity contribution is 6.00. The number of hydrogen-bond acceptors (Lipinski definition) is 8. The third kappa shape index (κ3) is 5.04. The number of rotatable bonds is 10. The fourth-order valence-corrected chi connectivity index (χ4v) is 3.56. The molecule has 0 saturated carbocycles. The molecule has 0 unspecified atom stereocenters. The van der Waals surface area contributed by atoms with Crippen LogP contribution >= 0.6 is 0 Å². The zero-order valence-electron chi connectivity index (χ0n) is 19.4. The molecule has 0 bridgehead atoms. The Bertz CT molecular complexity index is 1300. The minimum atomic E-state index is -0.820. The molecule has 1 amide bonds. The molecule has 34 heavy (non-hydrogen) atoms. The number of aromatic nitrogens is 2. The topological polar surface area (TPSA) is 150 Å². The van der Waals surface area contributed by atoms with Crippen LogP contribution in [0.4, 0.5) is 11.5 Å². The molecular weight excluding hydrogens is 444 g/mol. The van der Waals surface area contributed by atoms with E-state index in [1.807, 2.05) is 19.1 Å². The fourth-order valence-electron chi connectivity index (χ4n) is 3.56. The quantitative estimate of drug-likeness (QED) is 0.424. The number of nitrogen functional groups attached to an aromatic ring is 1. The molecule has 1 aromatic carbocycles. The van der Waals surface area contributed by atoms with Crippen LogP contribution in [0.25, 0.3) is 11.0 Å². The summed E-state index contributed by atoms with van der Waals surface area (Å²) >= 11 is 0. The molecule has 2 heterocycles. The van der Waals surface area contributed by atoms with Gasteiger partial charge in [-0.1, -0.05) is 31.5 Å². The van der Waals surface area contributed by atoms with Crippen LogP contribution in [0.15, 0.2) is 38.3 Å². The van der Waals surface area contributed by atoms with E-state index in [-0.39, 0.29) is 37.0 Å². The van der Waals surface area contributed by atoms with Gasteiger partial charge in [0.05, 0.1) is 6.61 Å². The molecule has 0 fully saturated rings. The van der Waals surface area contributed by atoms with Crippen molar-refractivity contribution in [1.82, 2.24) is 9.55 Å². The Balaban J connectivity index is 1.86. The van der Waals surface area contributed by atoms with Crippen molar-refractivity contribution in [3.05, 3.63) is 56.4 Å². The van der Waals surface area contributed by atoms with Crippen LogP contribution in [0, 0.1) is 6.92 Å². The molecule has 0 aliphatic rings. The number of hydrogen-bond donors (Lipinski definition) is 2. The van der Waals surface area contributed by atoms with Gasteiger partial charge in [-0.25, -0.2) is 9.59 Å². The van der Waals surface area contributed by atoms with Crippen LogP contribution in [0.3, 0.4) is 0 Å². The molecule has 0 aliphatic carbocycles. The van der Waals surface area contributed by atoms with Crippen molar-refractivity contribution in [2.75, 3.05) is 37.5 Å². The number of carbonyl (C=O) groups is 2. The summed E-state index contributed by atoms with van der Waals surface area (Å²) in [5.41, 5.74) is 5.56. The number of esters is 1. The first-order valence-electron chi connectivity index (χ1n) is 10.9. The third-order valence-electron chi connectivity index (χ3n) is 5.40. The average Bonchev–Trinajstić information content (AvgIpc) is 3.15. The van der Waals surface area contributed by atoms with Crippen LogP contribution in [-0.2, 0) is 20.8 Å². The van der Waals surface area contributed by atoms with Crippen molar-refractivity contribution >= 4 is 34.4 Å². The van der Waals surface area contributed by atoms with E-state index in [0.29, 0.717) is 17.6 Å². The molecule has 0 radical (unpaired) electrons. The molecule has 11 nitrogen and oxygen atoms in total. The molecule has 0 spiro atoms. The van der Waals surface area contributed by atoms with Crippen molar-refractivity contribution in [3.63, 3.8) is 0 Å². The van der Waals surface area contributed by atoms with Crippen LogP contribution in [0.1, 0.15) is 35.9 Å². The highest BCUT2D eigenvalue weighted by atomic mass is 16.5. The standard InChI is InChI=1S/C23H28N4O7/c1-4-5-10-27-20(24)18(21(29)25-23(27)31)26(11-12-32-3)17(28)13-33-22(30)19-14(2)15-8-6-7-9-16(15)34-19/h6-9H,4-5,10-13,24H2,1-3H3,(H,25,29,31). The van der Waals surface area contributed by atoms with E-state index in [1.54, 1.807) is 19.1 Å².